The second kappa shape index (κ2) is 5.39. The highest BCUT2D eigenvalue weighted by Crippen LogP contribution is 2.24. The van der Waals surface area contributed by atoms with Gasteiger partial charge in [-0.1, -0.05) is 13.3 Å². The maximum absolute atomic E-state index is 4.52. The Balaban J connectivity index is 1.98. The zero-order valence-corrected chi connectivity index (χ0v) is 10.3. The molecule has 3 heteroatoms. The second-order valence-electron chi connectivity index (χ2n) is 4.78. The number of hydrogen-bond donors (Lipinski definition) is 0. The van der Waals surface area contributed by atoms with Crippen molar-refractivity contribution in [2.45, 2.75) is 38.5 Å². The number of aromatic nitrogens is 2. The Bertz CT molecular complexity index is 312. The van der Waals surface area contributed by atoms with E-state index in [1.807, 2.05) is 12.4 Å². The van der Waals surface area contributed by atoms with E-state index in [1.54, 1.807) is 0 Å². The van der Waals surface area contributed by atoms with Gasteiger partial charge < -0.3 is 4.90 Å². The average Bonchev–Trinajstić information content (AvgIpc) is 2.32. The highest BCUT2D eigenvalue weighted by molar-refractivity contribution is 5.08. The van der Waals surface area contributed by atoms with Gasteiger partial charge in [0.2, 0.25) is 0 Å². The highest BCUT2D eigenvalue weighted by atomic mass is 15.1. The summed E-state index contributed by atoms with van der Waals surface area (Å²) < 4.78 is 0. The summed E-state index contributed by atoms with van der Waals surface area (Å²) in [5, 5.41) is 0. The van der Waals surface area contributed by atoms with Gasteiger partial charge in [0, 0.05) is 18.3 Å². The summed E-state index contributed by atoms with van der Waals surface area (Å²) >= 11 is 0. The molecule has 1 saturated heterocycles. The van der Waals surface area contributed by atoms with Gasteiger partial charge in [-0.05, 0) is 45.0 Å². The molecule has 1 aromatic heterocycles. The maximum Gasteiger partial charge on any atom is 0.131 e. The van der Waals surface area contributed by atoms with Crippen LogP contribution in [0.5, 0.6) is 0 Å². The number of nitrogens with zero attached hydrogens (tertiary/aromatic N) is 3. The number of likely N-dealkylation sites (tertiary alicyclic amines) is 1. The van der Waals surface area contributed by atoms with Gasteiger partial charge in [0.05, 0.1) is 0 Å². The Morgan fingerprint density at radius 1 is 1.25 bits per heavy atom. The van der Waals surface area contributed by atoms with E-state index in [9.17, 15) is 0 Å². The third-order valence-corrected chi connectivity index (χ3v) is 3.35. The summed E-state index contributed by atoms with van der Waals surface area (Å²) in [6.07, 6.45) is 8.66. The first-order valence-corrected chi connectivity index (χ1v) is 6.29. The van der Waals surface area contributed by atoms with Crippen molar-refractivity contribution in [3.05, 3.63) is 23.8 Å². The predicted octanol–water partition coefficient (Wildman–Crippen LogP) is 2.24. The number of hydrogen-bond acceptors (Lipinski definition) is 3. The number of rotatable bonds is 3. The quantitative estimate of drug-likeness (QED) is 0.780. The lowest BCUT2D eigenvalue weighted by atomic mass is 9.96. The van der Waals surface area contributed by atoms with Crippen molar-refractivity contribution >= 4 is 0 Å². The first-order valence-electron chi connectivity index (χ1n) is 6.29. The average molecular weight is 219 g/mol. The van der Waals surface area contributed by atoms with Crippen molar-refractivity contribution in [1.29, 1.82) is 0 Å². The maximum atomic E-state index is 4.52. The molecule has 16 heavy (non-hydrogen) atoms. The molecule has 1 aliphatic heterocycles. The molecule has 2 heterocycles. The molecule has 0 radical (unpaired) electrons. The molecule has 1 fully saturated rings. The summed E-state index contributed by atoms with van der Waals surface area (Å²) in [5.74, 6) is 1.62. The van der Waals surface area contributed by atoms with Crippen molar-refractivity contribution in [2.75, 3.05) is 20.1 Å². The molecule has 0 spiro atoms. The van der Waals surface area contributed by atoms with E-state index in [0.29, 0.717) is 5.92 Å². The fraction of sp³-hybridized carbons (Fsp3) is 0.692. The predicted molar refractivity (Wildman–Crippen MR) is 65.5 cm³/mol. The molecule has 0 amide bonds. The van der Waals surface area contributed by atoms with E-state index in [2.05, 4.69) is 28.8 Å². The monoisotopic (exact) mass is 219 g/mol. The van der Waals surface area contributed by atoms with Crippen molar-refractivity contribution in [3.8, 4) is 0 Å². The van der Waals surface area contributed by atoms with Crippen LogP contribution in [-0.4, -0.2) is 35.0 Å². The zero-order valence-electron chi connectivity index (χ0n) is 10.3. The second-order valence-corrected chi connectivity index (χ2v) is 4.78. The lowest BCUT2D eigenvalue weighted by molar-refractivity contribution is 0.251. The summed E-state index contributed by atoms with van der Waals surface area (Å²) in [4.78, 5) is 11.4. The summed E-state index contributed by atoms with van der Waals surface area (Å²) in [7, 11) is 2.18. The van der Waals surface area contributed by atoms with E-state index >= 15 is 0 Å². The van der Waals surface area contributed by atoms with Crippen molar-refractivity contribution in [2.24, 2.45) is 0 Å². The Morgan fingerprint density at radius 3 is 2.44 bits per heavy atom. The summed E-state index contributed by atoms with van der Waals surface area (Å²) in [6.45, 7) is 4.53. The fourth-order valence-electron chi connectivity index (χ4n) is 2.26. The first-order chi connectivity index (χ1) is 7.79. The van der Waals surface area contributed by atoms with Crippen LogP contribution >= 0.6 is 0 Å². The highest BCUT2D eigenvalue weighted by Gasteiger charge is 2.20. The van der Waals surface area contributed by atoms with Crippen LogP contribution in [0.25, 0.3) is 0 Å². The van der Waals surface area contributed by atoms with Gasteiger partial charge in [0.1, 0.15) is 5.82 Å². The van der Waals surface area contributed by atoms with E-state index in [-0.39, 0.29) is 0 Å². The van der Waals surface area contributed by atoms with Gasteiger partial charge in [0.15, 0.2) is 0 Å². The summed E-state index contributed by atoms with van der Waals surface area (Å²) in [6, 6.07) is 0. The minimum absolute atomic E-state index is 0.576. The van der Waals surface area contributed by atoms with Crippen molar-refractivity contribution < 1.29 is 0 Å². The van der Waals surface area contributed by atoms with Crippen LogP contribution in [0.3, 0.4) is 0 Å². The SMILES string of the molecule is CCCc1cnc(C2CCN(C)CC2)nc1. The fourth-order valence-corrected chi connectivity index (χ4v) is 2.26. The minimum atomic E-state index is 0.576. The normalized spacial score (nSPS) is 18.9. The van der Waals surface area contributed by atoms with Crippen LogP contribution < -0.4 is 0 Å². The number of aryl methyl sites for hydroxylation is 1. The topological polar surface area (TPSA) is 29.0 Å². The Kier molecular flexibility index (Phi) is 3.88. The molecule has 3 nitrogen and oxygen atoms in total. The van der Waals surface area contributed by atoms with Gasteiger partial charge in [-0.25, -0.2) is 9.97 Å². The standard InChI is InChI=1S/C13H21N3/c1-3-4-11-9-14-13(15-10-11)12-5-7-16(2)8-6-12/h9-10,12H,3-8H2,1-2H3. The molecule has 0 bridgehead atoms. The molecule has 0 unspecified atom stereocenters. The Hall–Kier alpha value is -0.960. The smallest absolute Gasteiger partial charge is 0.131 e. The van der Waals surface area contributed by atoms with Gasteiger partial charge in [-0.3, -0.25) is 0 Å². The van der Waals surface area contributed by atoms with Crippen LogP contribution in [0.2, 0.25) is 0 Å². The molecule has 0 aromatic carbocycles. The molecule has 0 aliphatic carbocycles. The molecule has 88 valence electrons. The molecule has 1 aromatic rings. The van der Waals surface area contributed by atoms with Gasteiger partial charge >= 0.3 is 0 Å². The molecule has 0 saturated carbocycles. The van der Waals surface area contributed by atoms with Crippen molar-refractivity contribution in [1.82, 2.24) is 14.9 Å². The molecular formula is C13H21N3. The lowest BCUT2D eigenvalue weighted by Gasteiger charge is -2.27. The van der Waals surface area contributed by atoms with E-state index < -0.39 is 0 Å². The molecular weight excluding hydrogens is 198 g/mol. The van der Waals surface area contributed by atoms with Crippen LogP contribution in [-0.2, 0) is 6.42 Å². The van der Waals surface area contributed by atoms with Crippen LogP contribution in [0.15, 0.2) is 12.4 Å². The number of piperidine rings is 1. The van der Waals surface area contributed by atoms with E-state index in [4.69, 9.17) is 0 Å². The lowest BCUT2D eigenvalue weighted by Crippen LogP contribution is -2.29. The van der Waals surface area contributed by atoms with Gasteiger partial charge in [-0.15, -0.1) is 0 Å². The first kappa shape index (κ1) is 11.5. The van der Waals surface area contributed by atoms with Crippen molar-refractivity contribution in [3.63, 3.8) is 0 Å². The van der Waals surface area contributed by atoms with E-state index in [1.165, 1.54) is 31.5 Å². The molecule has 2 rings (SSSR count). The Labute approximate surface area is 97.9 Å². The van der Waals surface area contributed by atoms with E-state index in [0.717, 1.165) is 18.7 Å². The van der Waals surface area contributed by atoms with Crippen LogP contribution in [0.1, 0.15) is 43.5 Å². The Morgan fingerprint density at radius 2 is 1.88 bits per heavy atom. The van der Waals surface area contributed by atoms with Gasteiger partial charge in [0.25, 0.3) is 0 Å². The van der Waals surface area contributed by atoms with Crippen LogP contribution in [0.4, 0.5) is 0 Å². The largest absolute Gasteiger partial charge is 0.306 e. The van der Waals surface area contributed by atoms with Crippen LogP contribution in [0, 0.1) is 0 Å². The summed E-state index contributed by atoms with van der Waals surface area (Å²) in [5.41, 5.74) is 1.26. The third kappa shape index (κ3) is 2.79. The third-order valence-electron chi connectivity index (χ3n) is 3.35. The molecule has 0 N–H and O–H groups in total. The minimum Gasteiger partial charge on any atom is -0.306 e. The molecule has 1 aliphatic rings. The molecule has 0 atom stereocenters. The van der Waals surface area contributed by atoms with Gasteiger partial charge in [-0.2, -0.15) is 0 Å². The zero-order chi connectivity index (χ0) is 11.4.